The molecule has 2 N–H and O–H groups in total. The number of aromatic amines is 1. The van der Waals surface area contributed by atoms with Crippen molar-refractivity contribution in [3.8, 4) is 5.75 Å². The van der Waals surface area contributed by atoms with E-state index in [1.165, 1.54) is 0 Å². The van der Waals surface area contributed by atoms with Gasteiger partial charge in [0, 0.05) is 29.5 Å². The first kappa shape index (κ1) is 11.7. The number of methoxy groups -OCH3 is 1. The third kappa shape index (κ3) is 2.03. The Morgan fingerprint density at radius 1 is 1.41 bits per heavy atom. The first-order chi connectivity index (χ1) is 8.17. The quantitative estimate of drug-likeness (QED) is 0.841. The molecule has 2 rings (SSSR count). The van der Waals surface area contributed by atoms with Crippen LogP contribution < -0.4 is 10.3 Å². The Bertz CT molecular complexity index is 601. The molecule has 0 bridgehead atoms. The fourth-order valence-electron chi connectivity index (χ4n) is 2.01. The van der Waals surface area contributed by atoms with Crippen LogP contribution in [0, 0.1) is 6.92 Å². The summed E-state index contributed by atoms with van der Waals surface area (Å²) in [6.07, 6.45) is 0.369. The van der Waals surface area contributed by atoms with Crippen molar-refractivity contribution in [2.24, 2.45) is 0 Å². The maximum Gasteiger partial charge on any atom is 0.251 e. The number of rotatable bonds is 3. The molecule has 0 aliphatic carbocycles. The Labute approximate surface area is 98.9 Å². The van der Waals surface area contributed by atoms with Gasteiger partial charge in [-0.15, -0.1) is 0 Å². The van der Waals surface area contributed by atoms with Gasteiger partial charge in [-0.25, -0.2) is 0 Å². The van der Waals surface area contributed by atoms with Crippen LogP contribution in [0.1, 0.15) is 11.1 Å². The molecule has 0 unspecified atom stereocenters. The SMILES string of the molecule is COc1ccc2[nH]c(=O)c(CCO)c(C)c2c1. The van der Waals surface area contributed by atoms with Gasteiger partial charge in [-0.2, -0.15) is 0 Å². The topological polar surface area (TPSA) is 62.3 Å². The zero-order valence-corrected chi connectivity index (χ0v) is 9.91. The summed E-state index contributed by atoms with van der Waals surface area (Å²) in [6, 6.07) is 5.52. The smallest absolute Gasteiger partial charge is 0.251 e. The summed E-state index contributed by atoms with van der Waals surface area (Å²) in [5.41, 5.74) is 2.19. The lowest BCUT2D eigenvalue weighted by Crippen LogP contribution is -2.16. The van der Waals surface area contributed by atoms with Crippen molar-refractivity contribution >= 4 is 10.9 Å². The van der Waals surface area contributed by atoms with Crippen LogP contribution in [-0.2, 0) is 6.42 Å². The highest BCUT2D eigenvalue weighted by Gasteiger charge is 2.09. The van der Waals surface area contributed by atoms with E-state index in [1.54, 1.807) is 7.11 Å². The second-order valence-corrected chi connectivity index (χ2v) is 3.94. The van der Waals surface area contributed by atoms with Crippen molar-refractivity contribution in [2.45, 2.75) is 13.3 Å². The van der Waals surface area contributed by atoms with E-state index in [4.69, 9.17) is 9.84 Å². The fourth-order valence-corrected chi connectivity index (χ4v) is 2.01. The summed E-state index contributed by atoms with van der Waals surface area (Å²) >= 11 is 0. The third-order valence-corrected chi connectivity index (χ3v) is 2.97. The van der Waals surface area contributed by atoms with E-state index in [9.17, 15) is 4.79 Å². The molecule has 0 fully saturated rings. The largest absolute Gasteiger partial charge is 0.497 e. The Balaban J connectivity index is 2.74. The molecule has 17 heavy (non-hydrogen) atoms. The molecule has 0 aliphatic rings. The first-order valence-electron chi connectivity index (χ1n) is 5.47. The molecule has 1 aromatic carbocycles. The van der Waals surface area contributed by atoms with Gasteiger partial charge in [-0.3, -0.25) is 4.79 Å². The predicted octanol–water partition coefficient (Wildman–Crippen LogP) is 1.38. The van der Waals surface area contributed by atoms with Crippen LogP contribution in [-0.4, -0.2) is 23.8 Å². The van der Waals surface area contributed by atoms with Crippen molar-refractivity contribution in [2.75, 3.05) is 13.7 Å². The third-order valence-electron chi connectivity index (χ3n) is 2.97. The van der Waals surface area contributed by atoms with Gasteiger partial charge in [-0.1, -0.05) is 0 Å². The highest BCUT2D eigenvalue weighted by Crippen LogP contribution is 2.22. The number of H-pyrrole nitrogens is 1. The van der Waals surface area contributed by atoms with Gasteiger partial charge in [0.25, 0.3) is 5.56 Å². The Morgan fingerprint density at radius 2 is 2.18 bits per heavy atom. The molecule has 4 nitrogen and oxygen atoms in total. The Morgan fingerprint density at radius 3 is 2.82 bits per heavy atom. The maximum atomic E-state index is 11.8. The van der Waals surface area contributed by atoms with E-state index in [-0.39, 0.29) is 12.2 Å². The monoisotopic (exact) mass is 233 g/mol. The van der Waals surface area contributed by atoms with Crippen molar-refractivity contribution in [1.82, 2.24) is 4.98 Å². The molecule has 0 aliphatic heterocycles. The van der Waals surface area contributed by atoms with Gasteiger partial charge in [0.05, 0.1) is 7.11 Å². The summed E-state index contributed by atoms with van der Waals surface area (Å²) in [4.78, 5) is 14.6. The standard InChI is InChI=1S/C13H15NO3/c1-8-10(5-6-15)13(16)14-12-4-3-9(17-2)7-11(8)12/h3-4,7,15H,5-6H2,1-2H3,(H,14,16). The molecule has 90 valence electrons. The van der Waals surface area contributed by atoms with Crippen molar-refractivity contribution in [3.05, 3.63) is 39.7 Å². The Kier molecular flexibility index (Phi) is 3.15. The number of hydrogen-bond acceptors (Lipinski definition) is 3. The maximum absolute atomic E-state index is 11.8. The van der Waals surface area contributed by atoms with E-state index in [0.29, 0.717) is 12.0 Å². The van der Waals surface area contributed by atoms with Crippen molar-refractivity contribution in [1.29, 1.82) is 0 Å². The van der Waals surface area contributed by atoms with Gasteiger partial charge in [-0.05, 0) is 30.7 Å². The van der Waals surface area contributed by atoms with Gasteiger partial charge in [0.15, 0.2) is 0 Å². The van der Waals surface area contributed by atoms with E-state index in [2.05, 4.69) is 4.98 Å². The molecular weight excluding hydrogens is 218 g/mol. The molecule has 1 aromatic heterocycles. The normalized spacial score (nSPS) is 10.8. The number of ether oxygens (including phenoxy) is 1. The number of aryl methyl sites for hydroxylation is 1. The number of pyridine rings is 1. The second kappa shape index (κ2) is 4.59. The average Bonchev–Trinajstić information content (AvgIpc) is 2.34. The molecule has 2 aromatic rings. The van der Waals surface area contributed by atoms with E-state index >= 15 is 0 Å². The van der Waals surface area contributed by atoms with Crippen molar-refractivity contribution in [3.63, 3.8) is 0 Å². The lowest BCUT2D eigenvalue weighted by Gasteiger charge is -2.09. The number of nitrogens with one attached hydrogen (secondary N) is 1. The van der Waals surface area contributed by atoms with E-state index in [1.807, 2.05) is 25.1 Å². The minimum absolute atomic E-state index is 0.0284. The summed E-state index contributed by atoms with van der Waals surface area (Å²) in [6.45, 7) is 1.86. The molecule has 0 atom stereocenters. The number of aliphatic hydroxyl groups is 1. The van der Waals surface area contributed by atoms with Gasteiger partial charge in [0.2, 0.25) is 0 Å². The number of fused-ring (bicyclic) bond motifs is 1. The van der Waals surface area contributed by atoms with E-state index < -0.39 is 0 Å². The van der Waals surface area contributed by atoms with Crippen LogP contribution >= 0.6 is 0 Å². The van der Waals surface area contributed by atoms with Crippen LogP contribution in [0.3, 0.4) is 0 Å². The minimum Gasteiger partial charge on any atom is -0.497 e. The summed E-state index contributed by atoms with van der Waals surface area (Å²) < 4.78 is 5.17. The molecule has 1 heterocycles. The summed E-state index contributed by atoms with van der Waals surface area (Å²) in [5.74, 6) is 0.752. The van der Waals surface area contributed by atoms with Crippen LogP contribution in [0.15, 0.2) is 23.0 Å². The van der Waals surface area contributed by atoms with Crippen LogP contribution in [0.2, 0.25) is 0 Å². The highest BCUT2D eigenvalue weighted by molar-refractivity contribution is 5.84. The lowest BCUT2D eigenvalue weighted by molar-refractivity contribution is 0.299. The molecule has 0 amide bonds. The number of benzene rings is 1. The minimum atomic E-state index is -0.130. The van der Waals surface area contributed by atoms with Crippen LogP contribution in [0.5, 0.6) is 5.75 Å². The second-order valence-electron chi connectivity index (χ2n) is 3.94. The number of aliphatic hydroxyl groups excluding tert-OH is 1. The van der Waals surface area contributed by atoms with Gasteiger partial charge < -0.3 is 14.8 Å². The van der Waals surface area contributed by atoms with Gasteiger partial charge >= 0.3 is 0 Å². The molecule has 0 spiro atoms. The average molecular weight is 233 g/mol. The Hall–Kier alpha value is -1.81. The van der Waals surface area contributed by atoms with E-state index in [0.717, 1.165) is 22.2 Å². The molecule has 0 saturated heterocycles. The van der Waals surface area contributed by atoms with Gasteiger partial charge in [0.1, 0.15) is 5.75 Å². The first-order valence-corrected chi connectivity index (χ1v) is 5.47. The van der Waals surface area contributed by atoms with Crippen LogP contribution in [0.25, 0.3) is 10.9 Å². The number of aromatic nitrogens is 1. The fraction of sp³-hybridized carbons (Fsp3) is 0.308. The predicted molar refractivity (Wildman–Crippen MR) is 66.6 cm³/mol. The molecular formula is C13H15NO3. The zero-order valence-electron chi connectivity index (χ0n) is 9.91. The molecule has 4 heteroatoms. The molecule has 0 radical (unpaired) electrons. The number of hydrogen-bond donors (Lipinski definition) is 2. The lowest BCUT2D eigenvalue weighted by atomic mass is 10.0. The summed E-state index contributed by atoms with van der Waals surface area (Å²) in [5, 5.41) is 9.92. The zero-order chi connectivity index (χ0) is 12.4. The molecule has 0 saturated carbocycles. The van der Waals surface area contributed by atoms with Crippen molar-refractivity contribution < 1.29 is 9.84 Å². The highest BCUT2D eigenvalue weighted by atomic mass is 16.5. The van der Waals surface area contributed by atoms with Crippen LogP contribution in [0.4, 0.5) is 0 Å². The summed E-state index contributed by atoms with van der Waals surface area (Å²) in [7, 11) is 1.61.